The third kappa shape index (κ3) is 3.68. The van der Waals surface area contributed by atoms with Crippen molar-refractivity contribution in [2.75, 3.05) is 13.1 Å². The van der Waals surface area contributed by atoms with Gasteiger partial charge in [0.15, 0.2) is 0 Å². The Kier molecular flexibility index (Phi) is 4.79. The number of carbonyl (C=O) groups excluding carboxylic acids is 1. The van der Waals surface area contributed by atoms with Crippen LogP contribution in [-0.4, -0.2) is 35.0 Å². The van der Waals surface area contributed by atoms with E-state index in [1.165, 1.54) is 11.0 Å². The largest absolute Gasteiger partial charge is 0.481 e. The monoisotopic (exact) mass is 345 g/mol. The van der Waals surface area contributed by atoms with Crippen LogP contribution in [0.5, 0.6) is 0 Å². The fraction of sp³-hybridized carbons (Fsp3) is 0.263. The molecule has 25 heavy (non-hydrogen) atoms. The van der Waals surface area contributed by atoms with Crippen LogP contribution in [0.4, 0.5) is 8.78 Å². The lowest BCUT2D eigenvalue weighted by Crippen LogP contribution is -2.31. The van der Waals surface area contributed by atoms with Crippen molar-refractivity contribution < 1.29 is 23.5 Å². The number of likely N-dealkylation sites (tertiary alicyclic amines) is 1. The highest BCUT2D eigenvalue weighted by atomic mass is 19.1. The number of aliphatic carboxylic acids is 1. The number of amides is 1. The number of halogens is 2. The summed E-state index contributed by atoms with van der Waals surface area (Å²) in [6, 6.07) is 12.3. The molecule has 6 heteroatoms. The zero-order valence-electron chi connectivity index (χ0n) is 13.4. The fourth-order valence-corrected chi connectivity index (χ4v) is 3.24. The molecule has 130 valence electrons. The molecule has 1 aliphatic rings. The molecule has 4 nitrogen and oxygen atoms in total. The standard InChI is InChI=1S/C19H17F2NO3/c20-14-7-6-13(17(21)9-14)8-18(23)22-10-15(16(11-22)19(24)25)12-4-2-1-3-5-12/h1-7,9,15-16H,8,10-11H2,(H,24,25). The molecule has 3 rings (SSSR count). The number of carboxylic acids is 1. The van der Waals surface area contributed by atoms with E-state index in [0.29, 0.717) is 0 Å². The number of hydrogen-bond donors (Lipinski definition) is 1. The van der Waals surface area contributed by atoms with Gasteiger partial charge in [0.05, 0.1) is 12.3 Å². The molecule has 0 saturated carbocycles. The smallest absolute Gasteiger partial charge is 0.308 e. The average molecular weight is 345 g/mol. The van der Waals surface area contributed by atoms with Gasteiger partial charge in [-0.1, -0.05) is 36.4 Å². The first-order chi connectivity index (χ1) is 12.0. The molecule has 1 N–H and O–H groups in total. The van der Waals surface area contributed by atoms with E-state index in [4.69, 9.17) is 0 Å². The van der Waals surface area contributed by atoms with Crippen LogP contribution in [0.3, 0.4) is 0 Å². The summed E-state index contributed by atoms with van der Waals surface area (Å²) in [6.07, 6.45) is -0.222. The van der Waals surface area contributed by atoms with E-state index >= 15 is 0 Å². The van der Waals surface area contributed by atoms with E-state index < -0.39 is 23.5 Å². The van der Waals surface area contributed by atoms with E-state index in [9.17, 15) is 23.5 Å². The van der Waals surface area contributed by atoms with Crippen LogP contribution in [0.1, 0.15) is 17.0 Å². The van der Waals surface area contributed by atoms with Crippen molar-refractivity contribution in [3.8, 4) is 0 Å². The number of rotatable bonds is 4. The predicted octanol–water partition coefficient (Wildman–Crippen LogP) is 2.83. The molecule has 1 saturated heterocycles. The van der Waals surface area contributed by atoms with Crippen LogP contribution in [0, 0.1) is 17.6 Å². The fourth-order valence-electron chi connectivity index (χ4n) is 3.24. The van der Waals surface area contributed by atoms with Gasteiger partial charge in [0, 0.05) is 25.1 Å². The second-order valence-electron chi connectivity index (χ2n) is 6.17. The van der Waals surface area contributed by atoms with Crippen LogP contribution >= 0.6 is 0 Å². The molecule has 0 spiro atoms. The molecular formula is C19H17F2NO3. The van der Waals surface area contributed by atoms with Crippen molar-refractivity contribution in [2.24, 2.45) is 5.92 Å². The van der Waals surface area contributed by atoms with Gasteiger partial charge in [0.2, 0.25) is 5.91 Å². The second kappa shape index (κ2) is 7.01. The van der Waals surface area contributed by atoms with Crippen LogP contribution < -0.4 is 0 Å². The van der Waals surface area contributed by atoms with Crippen LogP contribution in [0.15, 0.2) is 48.5 Å². The molecule has 0 bridgehead atoms. The van der Waals surface area contributed by atoms with E-state index in [2.05, 4.69) is 0 Å². The highest BCUT2D eigenvalue weighted by Gasteiger charge is 2.40. The molecule has 0 aliphatic carbocycles. The Hall–Kier alpha value is -2.76. The summed E-state index contributed by atoms with van der Waals surface area (Å²) < 4.78 is 26.7. The third-order valence-corrected chi connectivity index (χ3v) is 4.57. The number of carbonyl (C=O) groups is 2. The van der Waals surface area contributed by atoms with Crippen LogP contribution in [-0.2, 0) is 16.0 Å². The molecule has 1 aliphatic heterocycles. The molecule has 2 aromatic carbocycles. The van der Waals surface area contributed by atoms with E-state index in [1.807, 2.05) is 30.3 Å². The van der Waals surface area contributed by atoms with E-state index in [0.717, 1.165) is 17.7 Å². The second-order valence-corrected chi connectivity index (χ2v) is 6.17. The first-order valence-corrected chi connectivity index (χ1v) is 7.95. The summed E-state index contributed by atoms with van der Waals surface area (Å²) in [5, 5.41) is 9.47. The summed E-state index contributed by atoms with van der Waals surface area (Å²) in [5.41, 5.74) is 0.958. The van der Waals surface area contributed by atoms with Crippen molar-refractivity contribution in [1.29, 1.82) is 0 Å². The maximum Gasteiger partial charge on any atom is 0.308 e. The summed E-state index contributed by atoms with van der Waals surface area (Å²) in [7, 11) is 0. The Morgan fingerprint density at radius 3 is 2.44 bits per heavy atom. The van der Waals surface area contributed by atoms with Gasteiger partial charge in [-0.2, -0.15) is 0 Å². The SMILES string of the molecule is O=C(O)C1CN(C(=O)Cc2ccc(F)cc2F)CC1c1ccccc1. The number of carboxylic acid groups (broad SMARTS) is 1. The minimum Gasteiger partial charge on any atom is -0.481 e. The topological polar surface area (TPSA) is 57.6 Å². The van der Waals surface area contributed by atoms with Gasteiger partial charge in [0.1, 0.15) is 11.6 Å². The molecular weight excluding hydrogens is 328 g/mol. The van der Waals surface area contributed by atoms with Crippen molar-refractivity contribution in [1.82, 2.24) is 4.90 Å². The molecule has 0 radical (unpaired) electrons. The number of nitrogens with zero attached hydrogens (tertiary/aromatic N) is 1. The lowest BCUT2D eigenvalue weighted by atomic mass is 9.89. The quantitative estimate of drug-likeness (QED) is 0.927. The number of hydrogen-bond acceptors (Lipinski definition) is 2. The van der Waals surface area contributed by atoms with E-state index in [-0.39, 0.29) is 36.9 Å². The van der Waals surface area contributed by atoms with Gasteiger partial charge >= 0.3 is 5.97 Å². The van der Waals surface area contributed by atoms with Crippen LogP contribution in [0.25, 0.3) is 0 Å². The summed E-state index contributed by atoms with van der Waals surface area (Å²) >= 11 is 0. The maximum absolute atomic E-state index is 13.7. The van der Waals surface area contributed by atoms with Crippen molar-refractivity contribution in [3.63, 3.8) is 0 Å². The minimum atomic E-state index is -0.961. The van der Waals surface area contributed by atoms with Crippen LogP contribution in [0.2, 0.25) is 0 Å². The van der Waals surface area contributed by atoms with Crippen molar-refractivity contribution in [2.45, 2.75) is 12.3 Å². The highest BCUT2D eigenvalue weighted by molar-refractivity contribution is 5.81. The zero-order valence-corrected chi connectivity index (χ0v) is 13.4. The highest BCUT2D eigenvalue weighted by Crippen LogP contribution is 2.33. The molecule has 2 atom stereocenters. The first-order valence-electron chi connectivity index (χ1n) is 7.95. The first kappa shape index (κ1) is 17.1. The molecule has 1 amide bonds. The van der Waals surface area contributed by atoms with Crippen molar-refractivity contribution >= 4 is 11.9 Å². The molecule has 2 unspecified atom stereocenters. The lowest BCUT2D eigenvalue weighted by Gasteiger charge is -2.17. The van der Waals surface area contributed by atoms with Gasteiger partial charge in [-0.3, -0.25) is 9.59 Å². The maximum atomic E-state index is 13.7. The molecule has 0 aromatic heterocycles. The van der Waals surface area contributed by atoms with Gasteiger partial charge in [0.25, 0.3) is 0 Å². The van der Waals surface area contributed by atoms with Gasteiger partial charge in [-0.05, 0) is 17.2 Å². The van der Waals surface area contributed by atoms with Gasteiger partial charge < -0.3 is 10.0 Å². The molecule has 1 heterocycles. The minimum absolute atomic E-state index is 0.0799. The summed E-state index contributed by atoms with van der Waals surface area (Å²) in [5.74, 6) is -3.82. The Bertz CT molecular complexity index is 795. The lowest BCUT2D eigenvalue weighted by molar-refractivity contribution is -0.141. The Balaban J connectivity index is 1.76. The number of benzene rings is 2. The summed E-state index contributed by atoms with van der Waals surface area (Å²) in [4.78, 5) is 25.5. The average Bonchev–Trinajstić information content (AvgIpc) is 3.04. The Morgan fingerprint density at radius 1 is 1.08 bits per heavy atom. The van der Waals surface area contributed by atoms with E-state index in [1.54, 1.807) is 0 Å². The molecule has 1 fully saturated rings. The zero-order chi connectivity index (χ0) is 18.0. The predicted molar refractivity (Wildman–Crippen MR) is 87.0 cm³/mol. The normalized spacial score (nSPS) is 19.8. The van der Waals surface area contributed by atoms with Gasteiger partial charge in [-0.25, -0.2) is 8.78 Å². The van der Waals surface area contributed by atoms with Crippen molar-refractivity contribution in [3.05, 3.63) is 71.3 Å². The Labute approximate surface area is 143 Å². The Morgan fingerprint density at radius 2 is 1.80 bits per heavy atom. The third-order valence-electron chi connectivity index (χ3n) is 4.57. The summed E-state index contributed by atoms with van der Waals surface area (Å²) in [6.45, 7) is 0.346. The molecule has 2 aromatic rings. The van der Waals surface area contributed by atoms with Gasteiger partial charge in [-0.15, -0.1) is 0 Å².